The van der Waals surface area contributed by atoms with Crippen molar-refractivity contribution in [3.8, 4) is 11.3 Å². The second-order valence-electron chi connectivity index (χ2n) is 8.10. The summed E-state index contributed by atoms with van der Waals surface area (Å²) in [6, 6.07) is 0.902. The lowest BCUT2D eigenvalue weighted by atomic mass is 9.47. The van der Waals surface area contributed by atoms with Gasteiger partial charge in [-0.1, -0.05) is 13.8 Å². The highest BCUT2D eigenvalue weighted by Gasteiger charge is 2.70. The van der Waals surface area contributed by atoms with Crippen LogP contribution in [0.5, 0.6) is 0 Å². The Bertz CT molecular complexity index is 885. The van der Waals surface area contributed by atoms with Crippen molar-refractivity contribution < 1.29 is 22.7 Å². The largest absolute Gasteiger partial charge is 0.419 e. The van der Waals surface area contributed by atoms with E-state index in [0.29, 0.717) is 25.1 Å². The van der Waals surface area contributed by atoms with E-state index in [1.54, 1.807) is 10.8 Å². The fourth-order valence-corrected chi connectivity index (χ4v) is 4.13. The fourth-order valence-electron chi connectivity index (χ4n) is 4.13. The summed E-state index contributed by atoms with van der Waals surface area (Å²) in [5.74, 6) is -0.417. The first-order valence-corrected chi connectivity index (χ1v) is 8.74. The number of hydrogen-bond acceptors (Lipinski definition) is 4. The number of pyridine rings is 1. The summed E-state index contributed by atoms with van der Waals surface area (Å²) in [5.41, 5.74) is 3.12. The number of halogens is 4. The maximum absolute atomic E-state index is 14.0. The second kappa shape index (κ2) is 5.43. The van der Waals surface area contributed by atoms with Crippen LogP contribution in [0.4, 0.5) is 23.4 Å². The van der Waals surface area contributed by atoms with Crippen LogP contribution in [-0.4, -0.2) is 25.3 Å². The molecule has 146 valence electrons. The number of rotatable bonds is 4. The molecule has 2 bridgehead atoms. The first-order valence-electron chi connectivity index (χ1n) is 8.74. The van der Waals surface area contributed by atoms with Crippen LogP contribution in [-0.2, 0) is 11.7 Å². The first kappa shape index (κ1) is 18.2. The molecule has 3 aliphatic carbocycles. The molecule has 3 N–H and O–H groups in total. The zero-order valence-corrected chi connectivity index (χ0v) is 14.9. The van der Waals surface area contributed by atoms with Gasteiger partial charge in [0.05, 0.1) is 16.8 Å². The Kier molecular flexibility index (Phi) is 3.67. The smallest absolute Gasteiger partial charge is 0.385 e. The molecule has 5 rings (SSSR count). The van der Waals surface area contributed by atoms with Gasteiger partial charge < -0.3 is 15.4 Å². The molecule has 0 aromatic carbocycles. The van der Waals surface area contributed by atoms with Gasteiger partial charge in [-0.15, -0.1) is 0 Å². The standard InChI is InChI=1S/C18H20F4N4O/c1-9(2)13(27)15-25-12(5-26(15)17-6-16(19,7-17)8-17)10-3-11(18(20,21)22)14(23)24-4-10/h3-5,9,13,27H,6-8H2,1-2H3,(H2,23,24)/t13-,16?,17?/m1/s1. The molecular formula is C18H20F4N4O. The Hall–Kier alpha value is -2.16. The number of nitrogens with zero attached hydrogens (tertiary/aromatic N) is 3. The third-order valence-electron chi connectivity index (χ3n) is 5.60. The molecule has 3 saturated carbocycles. The van der Waals surface area contributed by atoms with Gasteiger partial charge in [-0.2, -0.15) is 13.2 Å². The van der Waals surface area contributed by atoms with Gasteiger partial charge in [0.25, 0.3) is 0 Å². The Morgan fingerprint density at radius 1 is 1.26 bits per heavy atom. The van der Waals surface area contributed by atoms with Crippen LogP contribution in [0.3, 0.4) is 0 Å². The summed E-state index contributed by atoms with van der Waals surface area (Å²) < 4.78 is 55.2. The number of hydrogen-bond donors (Lipinski definition) is 2. The minimum atomic E-state index is -4.63. The molecule has 5 nitrogen and oxygen atoms in total. The molecular weight excluding hydrogens is 364 g/mol. The molecule has 0 unspecified atom stereocenters. The van der Waals surface area contributed by atoms with Crippen molar-refractivity contribution in [3.63, 3.8) is 0 Å². The summed E-state index contributed by atoms with van der Waals surface area (Å²) in [5, 5.41) is 10.5. The van der Waals surface area contributed by atoms with Gasteiger partial charge in [0.2, 0.25) is 0 Å². The minimum absolute atomic E-state index is 0.147. The monoisotopic (exact) mass is 384 g/mol. The lowest BCUT2D eigenvalue weighted by Gasteiger charge is -2.66. The summed E-state index contributed by atoms with van der Waals surface area (Å²) >= 11 is 0. The number of aliphatic hydroxyl groups is 1. The van der Waals surface area contributed by atoms with E-state index in [-0.39, 0.29) is 17.2 Å². The van der Waals surface area contributed by atoms with Crippen LogP contribution in [0.25, 0.3) is 11.3 Å². The van der Waals surface area contributed by atoms with E-state index in [1.165, 1.54) is 6.20 Å². The Morgan fingerprint density at radius 3 is 2.41 bits per heavy atom. The van der Waals surface area contributed by atoms with Crippen LogP contribution >= 0.6 is 0 Å². The van der Waals surface area contributed by atoms with E-state index < -0.39 is 34.9 Å². The van der Waals surface area contributed by atoms with Crippen molar-refractivity contribution in [2.45, 2.75) is 56.6 Å². The quantitative estimate of drug-likeness (QED) is 0.786. The zero-order valence-electron chi connectivity index (χ0n) is 14.9. The molecule has 0 spiro atoms. The van der Waals surface area contributed by atoms with E-state index in [1.807, 2.05) is 13.8 Å². The van der Waals surface area contributed by atoms with Crippen LogP contribution in [0, 0.1) is 5.92 Å². The molecule has 0 aliphatic heterocycles. The van der Waals surface area contributed by atoms with Gasteiger partial charge in [-0.05, 0) is 12.0 Å². The molecule has 0 saturated heterocycles. The van der Waals surface area contributed by atoms with Crippen molar-refractivity contribution in [3.05, 3.63) is 29.8 Å². The topological polar surface area (TPSA) is 77.0 Å². The molecule has 2 aromatic rings. The van der Waals surface area contributed by atoms with Gasteiger partial charge in [0.15, 0.2) is 0 Å². The van der Waals surface area contributed by atoms with Crippen LogP contribution in [0.15, 0.2) is 18.5 Å². The molecule has 1 atom stereocenters. The predicted octanol–water partition coefficient (Wildman–Crippen LogP) is 3.84. The number of nitrogens with two attached hydrogens (primary N) is 1. The van der Waals surface area contributed by atoms with Crippen molar-refractivity contribution in [2.24, 2.45) is 5.92 Å². The van der Waals surface area contributed by atoms with Crippen molar-refractivity contribution in [1.82, 2.24) is 14.5 Å². The average molecular weight is 384 g/mol. The van der Waals surface area contributed by atoms with Gasteiger partial charge in [0, 0.05) is 37.2 Å². The number of alkyl halides is 4. The highest BCUT2D eigenvalue weighted by molar-refractivity contribution is 5.62. The second-order valence-corrected chi connectivity index (χ2v) is 8.10. The number of aromatic nitrogens is 3. The molecule has 0 radical (unpaired) electrons. The van der Waals surface area contributed by atoms with E-state index in [2.05, 4.69) is 9.97 Å². The van der Waals surface area contributed by atoms with E-state index in [0.717, 1.165) is 6.07 Å². The molecule has 2 heterocycles. The van der Waals surface area contributed by atoms with Gasteiger partial charge in [-0.25, -0.2) is 14.4 Å². The van der Waals surface area contributed by atoms with Crippen LogP contribution < -0.4 is 5.73 Å². The normalized spacial score (nSPS) is 28.0. The summed E-state index contributed by atoms with van der Waals surface area (Å²) in [4.78, 5) is 8.04. The van der Waals surface area contributed by atoms with Crippen molar-refractivity contribution in [1.29, 1.82) is 0 Å². The molecule has 2 aromatic heterocycles. The lowest BCUT2D eigenvalue weighted by Crippen LogP contribution is -2.70. The maximum atomic E-state index is 14.0. The van der Waals surface area contributed by atoms with Crippen molar-refractivity contribution in [2.75, 3.05) is 5.73 Å². The third kappa shape index (κ3) is 2.70. The molecule has 27 heavy (non-hydrogen) atoms. The van der Waals surface area contributed by atoms with Gasteiger partial charge in [0.1, 0.15) is 23.4 Å². The number of nitrogen functional groups attached to an aromatic ring is 1. The summed E-state index contributed by atoms with van der Waals surface area (Å²) in [7, 11) is 0. The molecule has 3 fully saturated rings. The predicted molar refractivity (Wildman–Crippen MR) is 90.3 cm³/mol. The van der Waals surface area contributed by atoms with Crippen LogP contribution in [0.1, 0.15) is 50.6 Å². The summed E-state index contributed by atoms with van der Waals surface area (Å²) in [6.45, 7) is 3.63. The minimum Gasteiger partial charge on any atom is -0.385 e. The van der Waals surface area contributed by atoms with Gasteiger partial charge in [-0.3, -0.25) is 0 Å². The third-order valence-corrected chi connectivity index (χ3v) is 5.60. The average Bonchev–Trinajstić information content (AvgIpc) is 2.94. The number of imidazole rings is 1. The molecule has 0 amide bonds. The Morgan fingerprint density at radius 2 is 1.89 bits per heavy atom. The Labute approximate surface area is 153 Å². The van der Waals surface area contributed by atoms with Crippen molar-refractivity contribution >= 4 is 5.82 Å². The van der Waals surface area contributed by atoms with E-state index >= 15 is 0 Å². The Balaban J connectivity index is 1.79. The SMILES string of the molecule is CC(C)[C@@H](O)c1nc(-c2cnc(N)c(C(F)(F)F)c2)cn1C12CC(F)(C1)C2. The summed E-state index contributed by atoms with van der Waals surface area (Å²) in [6.07, 6.45) is -1.73. The van der Waals surface area contributed by atoms with E-state index in [9.17, 15) is 22.7 Å². The molecule has 9 heteroatoms. The zero-order chi connectivity index (χ0) is 19.8. The highest BCUT2D eigenvalue weighted by atomic mass is 19.4. The maximum Gasteiger partial charge on any atom is 0.419 e. The van der Waals surface area contributed by atoms with E-state index in [4.69, 9.17) is 5.73 Å². The first-order chi connectivity index (χ1) is 12.4. The number of aliphatic hydroxyl groups excluding tert-OH is 1. The van der Waals surface area contributed by atoms with Crippen LogP contribution in [0.2, 0.25) is 0 Å². The highest BCUT2D eigenvalue weighted by Crippen LogP contribution is 2.68. The lowest BCUT2D eigenvalue weighted by molar-refractivity contribution is -0.200. The number of anilines is 1. The van der Waals surface area contributed by atoms with Gasteiger partial charge >= 0.3 is 6.18 Å². The fraction of sp³-hybridized carbons (Fsp3) is 0.556. The molecule has 3 aliphatic rings.